The molecule has 0 radical (unpaired) electrons. The van der Waals surface area contributed by atoms with Crippen molar-refractivity contribution in [3.63, 3.8) is 0 Å². The Morgan fingerprint density at radius 2 is 1.59 bits per heavy atom. The highest BCUT2D eigenvalue weighted by Gasteiger charge is 2.67. The molecule has 0 aliphatic heterocycles. The first kappa shape index (κ1) is 24.5. The van der Waals surface area contributed by atoms with Crippen molar-refractivity contribution < 1.29 is 15.0 Å². The van der Waals surface area contributed by atoms with Gasteiger partial charge in [-0.05, 0) is 109 Å². The molecule has 3 unspecified atom stereocenters. The second-order valence-electron chi connectivity index (χ2n) is 13.2. The number of hydrogen-bond donors (Lipinski definition) is 2. The van der Waals surface area contributed by atoms with Crippen LogP contribution in [0.15, 0.2) is 12.2 Å². The van der Waals surface area contributed by atoms with Gasteiger partial charge in [0.25, 0.3) is 0 Å². The van der Waals surface area contributed by atoms with Gasteiger partial charge in [0.05, 0.1) is 11.7 Å². The van der Waals surface area contributed by atoms with Crippen molar-refractivity contribution in [1.82, 2.24) is 0 Å². The molecule has 4 rings (SSSR count). The fourth-order valence-electron chi connectivity index (χ4n) is 9.65. The fourth-order valence-corrected chi connectivity index (χ4v) is 9.65. The monoisotopic (exact) mass is 444 g/mol. The number of carbonyl (C=O) groups is 1. The van der Waals surface area contributed by atoms with E-state index in [4.69, 9.17) is 0 Å². The molecule has 0 aromatic rings. The maximum atomic E-state index is 12.8. The number of aliphatic hydroxyl groups is 2. The van der Waals surface area contributed by atoms with Gasteiger partial charge in [0.15, 0.2) is 5.78 Å². The SMILES string of the molecule is C=C(C(=O)C[C@@H](C)[C@H]1CC[C@@H]2[C@]1(C)CC[C@H]1[C@@]2(O)CCC2C(C)C(O)CC[C@@]21C)C(C)C. The molecular formula is C29H48O3. The lowest BCUT2D eigenvalue weighted by Gasteiger charge is -2.65. The van der Waals surface area contributed by atoms with Gasteiger partial charge in [0, 0.05) is 6.42 Å². The molecule has 4 aliphatic rings. The standard InChI is InChI=1S/C29H48O3/c1-17(2)19(4)24(31)16-18(3)21-8-9-25-27(21,6)14-12-26-28(7)13-11-23(30)20(5)22(28)10-15-29(25,26)32/h17-18,20-23,25-26,30,32H,4,8-16H2,1-3,5-7H3/t18-,20?,21-,22?,23?,25-,26-,27-,28+,29-/m1/s1. The third-order valence-corrected chi connectivity index (χ3v) is 11.6. The summed E-state index contributed by atoms with van der Waals surface area (Å²) in [6, 6.07) is 0. The highest BCUT2D eigenvalue weighted by Crippen LogP contribution is 2.70. The van der Waals surface area contributed by atoms with E-state index < -0.39 is 5.60 Å². The highest BCUT2D eigenvalue weighted by atomic mass is 16.3. The van der Waals surface area contributed by atoms with Crippen LogP contribution in [0.2, 0.25) is 0 Å². The summed E-state index contributed by atoms with van der Waals surface area (Å²) in [5.74, 6) is 2.83. The lowest BCUT2D eigenvalue weighted by molar-refractivity contribution is -0.235. The van der Waals surface area contributed by atoms with Crippen LogP contribution in [0.25, 0.3) is 0 Å². The summed E-state index contributed by atoms with van der Waals surface area (Å²) in [4.78, 5) is 12.8. The Labute approximate surface area is 196 Å². The average molecular weight is 445 g/mol. The van der Waals surface area contributed by atoms with E-state index in [1.54, 1.807) is 0 Å². The molecule has 0 spiro atoms. The number of aliphatic hydroxyl groups excluding tert-OH is 1. The summed E-state index contributed by atoms with van der Waals surface area (Å²) in [6.45, 7) is 17.5. The zero-order chi connectivity index (χ0) is 23.6. The maximum Gasteiger partial charge on any atom is 0.158 e. The van der Waals surface area contributed by atoms with Crippen LogP contribution < -0.4 is 0 Å². The van der Waals surface area contributed by atoms with E-state index in [9.17, 15) is 15.0 Å². The second kappa shape index (κ2) is 8.22. The Morgan fingerprint density at radius 3 is 2.25 bits per heavy atom. The van der Waals surface area contributed by atoms with Gasteiger partial charge in [-0.15, -0.1) is 0 Å². The zero-order valence-electron chi connectivity index (χ0n) is 21.5. The van der Waals surface area contributed by atoms with Crippen LogP contribution in [-0.2, 0) is 4.79 Å². The number of allylic oxidation sites excluding steroid dienone is 1. The van der Waals surface area contributed by atoms with E-state index >= 15 is 0 Å². The molecule has 2 N–H and O–H groups in total. The van der Waals surface area contributed by atoms with Crippen LogP contribution in [0.1, 0.15) is 99.3 Å². The Balaban J connectivity index is 1.56. The molecule has 3 heteroatoms. The fraction of sp³-hybridized carbons (Fsp3) is 0.897. The predicted molar refractivity (Wildman–Crippen MR) is 130 cm³/mol. The van der Waals surface area contributed by atoms with Crippen LogP contribution in [0.3, 0.4) is 0 Å². The molecule has 4 fully saturated rings. The molecule has 3 nitrogen and oxygen atoms in total. The quantitative estimate of drug-likeness (QED) is 0.498. The smallest absolute Gasteiger partial charge is 0.158 e. The van der Waals surface area contributed by atoms with Crippen molar-refractivity contribution in [1.29, 1.82) is 0 Å². The average Bonchev–Trinajstić information content (AvgIpc) is 3.08. The number of Topliss-reactive ketones (excluding diaryl/α,β-unsaturated/α-hetero) is 1. The van der Waals surface area contributed by atoms with E-state index in [2.05, 4.69) is 48.1 Å². The molecular weight excluding hydrogens is 396 g/mol. The van der Waals surface area contributed by atoms with Gasteiger partial charge in [-0.1, -0.05) is 48.1 Å². The molecule has 4 aliphatic carbocycles. The molecule has 0 amide bonds. The van der Waals surface area contributed by atoms with Crippen LogP contribution in [-0.4, -0.2) is 27.7 Å². The summed E-state index contributed by atoms with van der Waals surface area (Å²) in [5, 5.41) is 22.9. The van der Waals surface area contributed by atoms with Crippen LogP contribution in [0.5, 0.6) is 0 Å². The third kappa shape index (κ3) is 3.47. The summed E-state index contributed by atoms with van der Waals surface area (Å²) in [7, 11) is 0. The Bertz CT molecular complexity index is 758. The molecule has 32 heavy (non-hydrogen) atoms. The van der Waals surface area contributed by atoms with Crippen molar-refractivity contribution in [2.75, 3.05) is 0 Å². The van der Waals surface area contributed by atoms with E-state index in [-0.39, 0.29) is 28.6 Å². The van der Waals surface area contributed by atoms with Crippen LogP contribution in [0, 0.1) is 52.3 Å². The molecule has 0 heterocycles. The summed E-state index contributed by atoms with van der Waals surface area (Å²) in [6.07, 6.45) is 8.76. The van der Waals surface area contributed by atoms with E-state index in [1.165, 1.54) is 0 Å². The molecule has 182 valence electrons. The molecule has 0 bridgehead atoms. The Morgan fingerprint density at radius 1 is 0.969 bits per heavy atom. The zero-order valence-corrected chi connectivity index (χ0v) is 21.5. The van der Waals surface area contributed by atoms with Crippen molar-refractivity contribution in [3.8, 4) is 0 Å². The van der Waals surface area contributed by atoms with E-state index in [0.29, 0.717) is 41.9 Å². The van der Waals surface area contributed by atoms with Crippen molar-refractivity contribution >= 4 is 5.78 Å². The molecule has 0 saturated heterocycles. The van der Waals surface area contributed by atoms with E-state index in [1.807, 2.05) is 0 Å². The minimum absolute atomic E-state index is 0.118. The van der Waals surface area contributed by atoms with Gasteiger partial charge in [-0.3, -0.25) is 4.79 Å². The summed E-state index contributed by atoms with van der Waals surface area (Å²) >= 11 is 0. The second-order valence-corrected chi connectivity index (χ2v) is 13.2. The number of hydrogen-bond acceptors (Lipinski definition) is 3. The largest absolute Gasteiger partial charge is 0.393 e. The number of carbonyl (C=O) groups excluding carboxylic acids is 1. The van der Waals surface area contributed by atoms with Gasteiger partial charge in [0.1, 0.15) is 0 Å². The molecule has 4 saturated carbocycles. The molecule has 0 aromatic heterocycles. The van der Waals surface area contributed by atoms with Gasteiger partial charge in [-0.25, -0.2) is 0 Å². The van der Waals surface area contributed by atoms with Gasteiger partial charge >= 0.3 is 0 Å². The number of fused-ring (bicyclic) bond motifs is 5. The van der Waals surface area contributed by atoms with Gasteiger partial charge in [0.2, 0.25) is 0 Å². The Kier molecular flexibility index (Phi) is 6.28. The minimum Gasteiger partial charge on any atom is -0.393 e. The van der Waals surface area contributed by atoms with E-state index in [0.717, 1.165) is 56.9 Å². The van der Waals surface area contributed by atoms with Crippen molar-refractivity contribution in [2.24, 2.45) is 52.3 Å². The van der Waals surface area contributed by atoms with Crippen molar-refractivity contribution in [3.05, 3.63) is 12.2 Å². The van der Waals surface area contributed by atoms with Crippen LogP contribution >= 0.6 is 0 Å². The van der Waals surface area contributed by atoms with Crippen LogP contribution in [0.4, 0.5) is 0 Å². The molecule has 0 aromatic carbocycles. The van der Waals surface area contributed by atoms with Crippen molar-refractivity contribution in [2.45, 2.75) is 111 Å². The topological polar surface area (TPSA) is 57.5 Å². The molecule has 10 atom stereocenters. The van der Waals surface area contributed by atoms with Gasteiger partial charge < -0.3 is 10.2 Å². The predicted octanol–water partition coefficient (Wildman–Crippen LogP) is 6.17. The third-order valence-electron chi connectivity index (χ3n) is 11.6. The first-order chi connectivity index (χ1) is 14.9. The Hall–Kier alpha value is -0.670. The first-order valence-electron chi connectivity index (χ1n) is 13.5. The summed E-state index contributed by atoms with van der Waals surface area (Å²) < 4.78 is 0. The lowest BCUT2D eigenvalue weighted by Crippen LogP contribution is -2.65. The number of rotatable bonds is 5. The normalized spacial score (nSPS) is 49.2. The lowest BCUT2D eigenvalue weighted by atomic mass is 9.41. The van der Waals surface area contributed by atoms with Gasteiger partial charge in [-0.2, -0.15) is 0 Å². The summed E-state index contributed by atoms with van der Waals surface area (Å²) in [5.41, 5.74) is 0.438. The highest BCUT2D eigenvalue weighted by molar-refractivity contribution is 5.95. The number of ketones is 1. The maximum absolute atomic E-state index is 12.8. The first-order valence-corrected chi connectivity index (χ1v) is 13.5. The minimum atomic E-state index is -0.583.